The van der Waals surface area contributed by atoms with Gasteiger partial charge in [-0.3, -0.25) is 14.8 Å². The third kappa shape index (κ3) is 3.71. The van der Waals surface area contributed by atoms with Crippen LogP contribution in [0.5, 0.6) is 0 Å². The van der Waals surface area contributed by atoms with E-state index in [4.69, 9.17) is 0 Å². The Kier molecular flexibility index (Phi) is 5.30. The number of nitrogens with one attached hydrogen (secondary N) is 2. The van der Waals surface area contributed by atoms with Crippen molar-refractivity contribution in [3.63, 3.8) is 0 Å². The van der Waals surface area contributed by atoms with E-state index in [1.807, 2.05) is 30.5 Å². The van der Waals surface area contributed by atoms with E-state index in [2.05, 4.69) is 49.7 Å². The van der Waals surface area contributed by atoms with Gasteiger partial charge < -0.3 is 9.88 Å². The number of rotatable bonds is 6. The molecule has 2 unspecified atom stereocenters. The molecular formula is C24H26N6O2. The maximum atomic E-state index is 12.4. The van der Waals surface area contributed by atoms with Crippen molar-refractivity contribution in [2.45, 2.75) is 39.3 Å². The molecular weight excluding hydrogens is 404 g/mol. The van der Waals surface area contributed by atoms with Crippen molar-refractivity contribution >= 4 is 17.2 Å². The van der Waals surface area contributed by atoms with Crippen LogP contribution in [0.3, 0.4) is 0 Å². The van der Waals surface area contributed by atoms with Crippen LogP contribution in [0.1, 0.15) is 24.0 Å². The molecule has 164 valence electrons. The van der Waals surface area contributed by atoms with Gasteiger partial charge in [0.1, 0.15) is 0 Å². The van der Waals surface area contributed by atoms with Gasteiger partial charge in [0.2, 0.25) is 0 Å². The monoisotopic (exact) mass is 430 g/mol. The van der Waals surface area contributed by atoms with E-state index in [0.717, 1.165) is 41.5 Å². The lowest BCUT2D eigenvalue weighted by molar-refractivity contribution is 0.565. The number of aliphatic imine (C=N–C) groups is 1. The number of aromatic amines is 1. The van der Waals surface area contributed by atoms with E-state index in [1.54, 1.807) is 0 Å². The Hall–Kier alpha value is -3.39. The molecule has 1 aliphatic carbocycles. The smallest absolute Gasteiger partial charge is 0.321 e. The van der Waals surface area contributed by atoms with Crippen molar-refractivity contribution in [2.24, 2.45) is 10.9 Å². The summed E-state index contributed by atoms with van der Waals surface area (Å²) in [6.07, 6.45) is 10.6. The highest BCUT2D eigenvalue weighted by atomic mass is 16.2. The van der Waals surface area contributed by atoms with E-state index in [9.17, 15) is 9.59 Å². The van der Waals surface area contributed by atoms with E-state index in [1.165, 1.54) is 5.57 Å². The van der Waals surface area contributed by atoms with Gasteiger partial charge >= 0.3 is 5.69 Å². The summed E-state index contributed by atoms with van der Waals surface area (Å²) in [6, 6.07) is 4.34. The third-order valence-electron chi connectivity index (χ3n) is 6.41. The second kappa shape index (κ2) is 8.27. The summed E-state index contributed by atoms with van der Waals surface area (Å²) in [6.45, 7) is 6.16. The molecule has 2 N–H and O–H groups in total. The number of benzene rings is 1. The molecule has 4 aliphatic rings. The number of fused-ring (bicyclic) bond motifs is 3. The fraction of sp³-hybridized carbons (Fsp3) is 0.375. The largest absolute Gasteiger partial charge is 0.349 e. The van der Waals surface area contributed by atoms with E-state index < -0.39 is 11.2 Å². The van der Waals surface area contributed by atoms with Crippen molar-refractivity contribution in [1.29, 1.82) is 0 Å². The van der Waals surface area contributed by atoms with E-state index in [-0.39, 0.29) is 5.69 Å². The average molecular weight is 431 g/mol. The highest BCUT2D eigenvalue weighted by molar-refractivity contribution is 5.81. The summed E-state index contributed by atoms with van der Waals surface area (Å²) in [5.41, 5.74) is 4.24. The van der Waals surface area contributed by atoms with Crippen molar-refractivity contribution in [2.75, 3.05) is 13.1 Å². The van der Waals surface area contributed by atoms with Crippen LogP contribution in [0.25, 0.3) is 22.6 Å². The summed E-state index contributed by atoms with van der Waals surface area (Å²) in [4.78, 5) is 39.7. The number of nitrogens with zero attached hydrogens (tertiary/aromatic N) is 4. The number of hydrogen-bond acceptors (Lipinski definition) is 6. The first kappa shape index (κ1) is 20.5. The predicted molar refractivity (Wildman–Crippen MR) is 126 cm³/mol. The fourth-order valence-corrected chi connectivity index (χ4v) is 4.54. The normalized spacial score (nSPS) is 19.6. The van der Waals surface area contributed by atoms with Gasteiger partial charge in [-0.15, -0.1) is 0 Å². The quantitative estimate of drug-likeness (QED) is 0.460. The number of hydrogen-bond donors (Lipinski definition) is 2. The molecule has 8 heteroatoms. The van der Waals surface area contributed by atoms with Gasteiger partial charge in [0.15, 0.2) is 11.5 Å². The Bertz CT molecular complexity index is 1360. The first-order valence-electron chi connectivity index (χ1n) is 11.0. The third-order valence-corrected chi connectivity index (χ3v) is 6.41. The highest BCUT2D eigenvalue weighted by Gasteiger charge is 2.26. The number of aromatic nitrogens is 4. The summed E-state index contributed by atoms with van der Waals surface area (Å²) in [7, 11) is 0. The molecule has 3 heterocycles. The molecule has 32 heavy (non-hydrogen) atoms. The number of aryl methyl sites for hydroxylation is 2. The molecule has 2 atom stereocenters. The van der Waals surface area contributed by atoms with Crippen LogP contribution in [-0.2, 0) is 6.54 Å². The maximum absolute atomic E-state index is 12.4. The van der Waals surface area contributed by atoms with Crippen molar-refractivity contribution in [3.05, 3.63) is 67.9 Å². The summed E-state index contributed by atoms with van der Waals surface area (Å²) < 4.78 is 1.93. The van der Waals surface area contributed by atoms with Crippen LogP contribution < -0.4 is 16.6 Å². The first-order valence-corrected chi connectivity index (χ1v) is 11.0. The Morgan fingerprint density at radius 1 is 1.16 bits per heavy atom. The highest BCUT2D eigenvalue weighted by Crippen LogP contribution is 2.30. The first-order chi connectivity index (χ1) is 15.5. The van der Waals surface area contributed by atoms with Crippen molar-refractivity contribution < 1.29 is 0 Å². The number of H-pyrrole nitrogens is 1. The van der Waals surface area contributed by atoms with E-state index in [0.29, 0.717) is 30.9 Å². The molecule has 1 aromatic rings. The van der Waals surface area contributed by atoms with Crippen molar-refractivity contribution in [3.8, 4) is 11.5 Å². The summed E-state index contributed by atoms with van der Waals surface area (Å²) >= 11 is 0. The Morgan fingerprint density at radius 3 is 2.88 bits per heavy atom. The van der Waals surface area contributed by atoms with E-state index >= 15 is 0 Å². The van der Waals surface area contributed by atoms with Gasteiger partial charge in [0, 0.05) is 25.2 Å². The predicted octanol–water partition coefficient (Wildman–Crippen LogP) is 2.14. The molecule has 0 amide bonds. The second-order valence-electron chi connectivity index (χ2n) is 8.52. The van der Waals surface area contributed by atoms with Crippen LogP contribution in [-0.4, -0.2) is 44.9 Å². The molecule has 8 nitrogen and oxygen atoms in total. The van der Waals surface area contributed by atoms with Crippen LogP contribution in [0.2, 0.25) is 0 Å². The molecule has 1 aromatic carbocycles. The van der Waals surface area contributed by atoms with Gasteiger partial charge in [-0.1, -0.05) is 18.2 Å². The molecule has 3 aliphatic heterocycles. The molecule has 0 aromatic heterocycles. The Morgan fingerprint density at radius 2 is 2.00 bits per heavy atom. The maximum Gasteiger partial charge on any atom is 0.349 e. The zero-order valence-electron chi connectivity index (χ0n) is 18.3. The topological polar surface area (TPSA) is 105 Å². The molecule has 0 saturated heterocycles. The minimum absolute atomic E-state index is 0.186. The van der Waals surface area contributed by atoms with Crippen LogP contribution >= 0.6 is 0 Å². The lowest BCUT2D eigenvalue weighted by Gasteiger charge is -2.19. The average Bonchev–Trinajstić information content (AvgIpc) is 3.18. The Balaban J connectivity index is 1.36. The Labute approximate surface area is 185 Å². The lowest BCUT2D eigenvalue weighted by atomic mass is 9.90. The minimum Gasteiger partial charge on any atom is -0.321 e. The van der Waals surface area contributed by atoms with Crippen LogP contribution in [0.15, 0.2) is 50.5 Å². The minimum atomic E-state index is -0.654. The van der Waals surface area contributed by atoms with Gasteiger partial charge in [-0.25, -0.2) is 9.78 Å². The zero-order chi connectivity index (χ0) is 22.2. The van der Waals surface area contributed by atoms with Crippen molar-refractivity contribution in [1.82, 2.24) is 24.8 Å². The van der Waals surface area contributed by atoms with Gasteiger partial charge in [0.25, 0.3) is 5.56 Å². The SMILES string of the molecule is Cc1cc2nc3c(=O)[nH]c(=O)nc-3n(CCNCCC3C=NC4CC=CC=C34)c2cc1C. The zero-order valence-corrected chi connectivity index (χ0v) is 18.3. The van der Waals surface area contributed by atoms with Gasteiger partial charge in [-0.05, 0) is 62.1 Å². The van der Waals surface area contributed by atoms with Gasteiger partial charge in [-0.2, -0.15) is 4.98 Å². The molecule has 0 fully saturated rings. The fourth-order valence-electron chi connectivity index (χ4n) is 4.54. The van der Waals surface area contributed by atoms with Gasteiger partial charge in [0.05, 0.1) is 17.1 Å². The lowest BCUT2D eigenvalue weighted by Crippen LogP contribution is -2.30. The molecule has 0 saturated carbocycles. The molecule has 0 bridgehead atoms. The van der Waals surface area contributed by atoms with Crippen LogP contribution in [0.4, 0.5) is 0 Å². The number of allylic oxidation sites excluding steroid dienone is 2. The summed E-state index contributed by atoms with van der Waals surface area (Å²) in [5, 5.41) is 3.50. The molecule has 0 spiro atoms. The summed E-state index contributed by atoms with van der Waals surface area (Å²) in [5.74, 6) is 0.711. The van der Waals surface area contributed by atoms with Crippen LogP contribution in [0, 0.1) is 19.8 Å². The molecule has 5 rings (SSSR count). The standard InChI is InChI=1S/C24H26N6O2/c1-14-11-19-20(12-15(14)2)30(22-21(27-19)23(31)29-24(32)28-22)10-9-25-8-7-16-13-26-18-6-4-3-5-17(16)18/h3-5,11-13,16,18,25H,6-10H2,1-2H3,(H,29,31,32). The second-order valence-corrected chi connectivity index (χ2v) is 8.52. The molecule has 0 radical (unpaired) electrons.